The molecule has 1 aliphatic rings. The smallest absolute Gasteiger partial charge is 0.129 e. The number of morpholine rings is 1. The van der Waals surface area contributed by atoms with E-state index < -0.39 is 0 Å². The summed E-state index contributed by atoms with van der Waals surface area (Å²) in [6.45, 7) is 5.23. The van der Waals surface area contributed by atoms with Gasteiger partial charge in [0.05, 0.1) is 32.0 Å². The van der Waals surface area contributed by atoms with Gasteiger partial charge in [-0.15, -0.1) is 0 Å². The standard InChI is InChI=1S/C13H20N2O3/c1-9-8-18-12(7-17)5-15(9)13-4-3-11(6-16)10(2)14-13/h3-4,9,12,16-17H,5-8H2,1-2H3. The van der Waals surface area contributed by atoms with Crippen molar-refractivity contribution in [3.8, 4) is 0 Å². The monoisotopic (exact) mass is 252 g/mol. The normalized spacial score (nSPS) is 24.3. The van der Waals surface area contributed by atoms with Gasteiger partial charge in [0, 0.05) is 12.2 Å². The molecule has 1 fully saturated rings. The van der Waals surface area contributed by atoms with Crippen LogP contribution in [-0.2, 0) is 11.3 Å². The fourth-order valence-electron chi connectivity index (χ4n) is 2.15. The maximum Gasteiger partial charge on any atom is 0.129 e. The highest BCUT2D eigenvalue weighted by molar-refractivity contribution is 5.43. The molecule has 2 atom stereocenters. The average Bonchev–Trinajstić information content (AvgIpc) is 2.39. The van der Waals surface area contributed by atoms with E-state index in [1.165, 1.54) is 0 Å². The highest BCUT2D eigenvalue weighted by Gasteiger charge is 2.26. The first-order valence-electron chi connectivity index (χ1n) is 6.22. The number of aromatic nitrogens is 1. The Morgan fingerprint density at radius 2 is 2.22 bits per heavy atom. The summed E-state index contributed by atoms with van der Waals surface area (Å²) in [5.74, 6) is 0.874. The molecule has 2 heterocycles. The highest BCUT2D eigenvalue weighted by Crippen LogP contribution is 2.21. The number of aliphatic hydroxyl groups excluding tert-OH is 2. The van der Waals surface area contributed by atoms with Crippen LogP contribution >= 0.6 is 0 Å². The number of aryl methyl sites for hydroxylation is 1. The second-order valence-corrected chi connectivity index (χ2v) is 4.71. The second kappa shape index (κ2) is 5.65. The van der Waals surface area contributed by atoms with Crippen LogP contribution in [0.3, 0.4) is 0 Å². The number of ether oxygens (including phenoxy) is 1. The molecular formula is C13H20N2O3. The third-order valence-electron chi connectivity index (χ3n) is 3.35. The molecule has 0 aliphatic carbocycles. The van der Waals surface area contributed by atoms with Gasteiger partial charge in [0.1, 0.15) is 5.82 Å². The summed E-state index contributed by atoms with van der Waals surface area (Å²) in [5.41, 5.74) is 1.69. The molecule has 5 nitrogen and oxygen atoms in total. The van der Waals surface area contributed by atoms with E-state index in [0.717, 1.165) is 17.1 Å². The van der Waals surface area contributed by atoms with Crippen LogP contribution in [0.4, 0.5) is 5.82 Å². The van der Waals surface area contributed by atoms with Gasteiger partial charge in [-0.1, -0.05) is 6.07 Å². The first-order chi connectivity index (χ1) is 8.65. The zero-order valence-corrected chi connectivity index (χ0v) is 10.8. The number of aliphatic hydroxyl groups is 2. The minimum absolute atomic E-state index is 0.0110. The molecule has 1 aliphatic heterocycles. The summed E-state index contributed by atoms with van der Waals surface area (Å²) in [6, 6.07) is 4.04. The Labute approximate surface area is 107 Å². The lowest BCUT2D eigenvalue weighted by Crippen LogP contribution is -2.50. The quantitative estimate of drug-likeness (QED) is 0.818. The van der Waals surface area contributed by atoms with Crippen LogP contribution in [0.25, 0.3) is 0 Å². The van der Waals surface area contributed by atoms with E-state index in [4.69, 9.17) is 9.84 Å². The van der Waals surface area contributed by atoms with Gasteiger partial charge < -0.3 is 19.8 Å². The maximum absolute atomic E-state index is 9.17. The van der Waals surface area contributed by atoms with Gasteiger partial charge in [0.15, 0.2) is 0 Å². The zero-order chi connectivity index (χ0) is 13.1. The number of rotatable bonds is 3. The Kier molecular flexibility index (Phi) is 4.16. The molecule has 2 rings (SSSR count). The first-order valence-corrected chi connectivity index (χ1v) is 6.22. The first kappa shape index (κ1) is 13.3. The van der Waals surface area contributed by atoms with Crippen molar-refractivity contribution in [3.05, 3.63) is 23.4 Å². The molecular weight excluding hydrogens is 232 g/mol. The molecule has 1 saturated heterocycles. The summed E-state index contributed by atoms with van der Waals surface area (Å²) >= 11 is 0. The Bertz CT molecular complexity index is 411. The predicted molar refractivity (Wildman–Crippen MR) is 68.5 cm³/mol. The van der Waals surface area contributed by atoms with Crippen LogP contribution in [0.15, 0.2) is 12.1 Å². The lowest BCUT2D eigenvalue weighted by Gasteiger charge is -2.38. The van der Waals surface area contributed by atoms with Crippen LogP contribution in [0.5, 0.6) is 0 Å². The summed E-state index contributed by atoms with van der Waals surface area (Å²) in [4.78, 5) is 6.65. The van der Waals surface area contributed by atoms with E-state index >= 15 is 0 Å². The molecule has 0 spiro atoms. The van der Waals surface area contributed by atoms with Crippen LogP contribution in [0.2, 0.25) is 0 Å². The van der Waals surface area contributed by atoms with Crippen LogP contribution in [0.1, 0.15) is 18.2 Å². The lowest BCUT2D eigenvalue weighted by atomic mass is 10.1. The van der Waals surface area contributed by atoms with Crippen molar-refractivity contribution in [1.82, 2.24) is 4.98 Å². The third kappa shape index (κ3) is 2.63. The number of hydrogen-bond acceptors (Lipinski definition) is 5. The van der Waals surface area contributed by atoms with E-state index in [1.54, 1.807) is 0 Å². The SMILES string of the molecule is Cc1nc(N2CC(CO)OCC2C)ccc1CO. The van der Waals surface area contributed by atoms with Gasteiger partial charge >= 0.3 is 0 Å². The highest BCUT2D eigenvalue weighted by atomic mass is 16.5. The fourth-order valence-corrected chi connectivity index (χ4v) is 2.15. The summed E-state index contributed by atoms with van der Waals surface area (Å²) < 4.78 is 5.51. The van der Waals surface area contributed by atoms with Crippen molar-refractivity contribution >= 4 is 5.82 Å². The summed E-state index contributed by atoms with van der Waals surface area (Å²) in [7, 11) is 0. The Hall–Kier alpha value is -1.17. The molecule has 100 valence electrons. The molecule has 0 aromatic carbocycles. The molecule has 0 bridgehead atoms. The van der Waals surface area contributed by atoms with Gasteiger partial charge in [-0.3, -0.25) is 0 Å². The van der Waals surface area contributed by atoms with Crippen molar-refractivity contribution in [2.75, 3.05) is 24.7 Å². The summed E-state index contributed by atoms with van der Waals surface area (Å²) in [6.07, 6.45) is -0.152. The molecule has 1 aromatic rings. The van der Waals surface area contributed by atoms with Crippen molar-refractivity contribution < 1.29 is 14.9 Å². The Morgan fingerprint density at radius 3 is 2.83 bits per heavy atom. The number of nitrogens with zero attached hydrogens (tertiary/aromatic N) is 2. The number of pyridine rings is 1. The van der Waals surface area contributed by atoms with Crippen LogP contribution in [0, 0.1) is 6.92 Å². The van der Waals surface area contributed by atoms with Gasteiger partial charge in [0.2, 0.25) is 0 Å². The van der Waals surface area contributed by atoms with E-state index in [9.17, 15) is 5.11 Å². The van der Waals surface area contributed by atoms with Crippen molar-refractivity contribution in [1.29, 1.82) is 0 Å². The zero-order valence-electron chi connectivity index (χ0n) is 10.8. The fraction of sp³-hybridized carbons (Fsp3) is 0.615. The lowest BCUT2D eigenvalue weighted by molar-refractivity contribution is -0.0105. The Morgan fingerprint density at radius 1 is 1.44 bits per heavy atom. The van der Waals surface area contributed by atoms with E-state index in [2.05, 4.69) is 16.8 Å². The minimum Gasteiger partial charge on any atom is -0.394 e. The van der Waals surface area contributed by atoms with Crippen molar-refractivity contribution in [3.63, 3.8) is 0 Å². The van der Waals surface area contributed by atoms with Crippen molar-refractivity contribution in [2.24, 2.45) is 0 Å². The maximum atomic E-state index is 9.17. The number of anilines is 1. The Balaban J connectivity index is 2.21. The van der Waals surface area contributed by atoms with E-state index in [-0.39, 0.29) is 25.4 Å². The van der Waals surface area contributed by atoms with Gasteiger partial charge in [0.25, 0.3) is 0 Å². The van der Waals surface area contributed by atoms with Gasteiger partial charge in [-0.25, -0.2) is 4.98 Å². The van der Waals surface area contributed by atoms with Crippen LogP contribution < -0.4 is 4.90 Å². The van der Waals surface area contributed by atoms with Crippen molar-refractivity contribution in [2.45, 2.75) is 32.6 Å². The van der Waals surface area contributed by atoms with Gasteiger partial charge in [-0.2, -0.15) is 0 Å². The molecule has 5 heteroatoms. The molecule has 0 saturated carbocycles. The van der Waals surface area contributed by atoms with Gasteiger partial charge in [-0.05, 0) is 25.5 Å². The third-order valence-corrected chi connectivity index (χ3v) is 3.35. The van der Waals surface area contributed by atoms with E-state index in [1.807, 2.05) is 19.1 Å². The minimum atomic E-state index is -0.152. The molecule has 0 amide bonds. The van der Waals surface area contributed by atoms with Crippen LogP contribution in [-0.4, -0.2) is 47.1 Å². The van der Waals surface area contributed by atoms with E-state index in [0.29, 0.717) is 13.2 Å². The predicted octanol–water partition coefficient (Wildman–Crippen LogP) is 0.468. The molecule has 2 N–H and O–H groups in total. The summed E-state index contributed by atoms with van der Waals surface area (Å²) in [5, 5.41) is 18.3. The molecule has 0 radical (unpaired) electrons. The molecule has 2 unspecified atom stereocenters. The topological polar surface area (TPSA) is 65.8 Å². The second-order valence-electron chi connectivity index (χ2n) is 4.71. The molecule has 1 aromatic heterocycles. The molecule has 18 heavy (non-hydrogen) atoms. The largest absolute Gasteiger partial charge is 0.394 e. The average molecular weight is 252 g/mol. The number of hydrogen-bond donors (Lipinski definition) is 2.